The van der Waals surface area contributed by atoms with E-state index in [1.807, 2.05) is 28.9 Å². The fourth-order valence-corrected chi connectivity index (χ4v) is 2.37. The molecule has 0 saturated carbocycles. The Morgan fingerprint density at radius 1 is 1.30 bits per heavy atom. The number of nitrogens with two attached hydrogens (primary N) is 1. The summed E-state index contributed by atoms with van der Waals surface area (Å²) in [6.07, 6.45) is 4.86. The van der Waals surface area contributed by atoms with Crippen molar-refractivity contribution in [2.45, 2.75) is 46.1 Å². The predicted molar refractivity (Wildman–Crippen MR) is 81.0 cm³/mol. The van der Waals surface area contributed by atoms with E-state index in [9.17, 15) is 0 Å². The Morgan fingerprint density at radius 3 is 2.85 bits per heavy atom. The van der Waals surface area contributed by atoms with Crippen molar-refractivity contribution in [1.29, 1.82) is 0 Å². The molecular weight excluding hydrogens is 250 g/mol. The number of hydrogen-bond donors (Lipinski definition) is 1. The molecule has 1 unspecified atom stereocenters. The molecule has 1 aromatic carbocycles. The highest BCUT2D eigenvalue weighted by Crippen LogP contribution is 2.21. The quantitative estimate of drug-likeness (QED) is 0.787. The van der Waals surface area contributed by atoms with Crippen LogP contribution in [0, 0.1) is 5.92 Å². The number of nitrogen functional groups attached to an aromatic ring is 1. The molecule has 1 aromatic heterocycles. The van der Waals surface area contributed by atoms with Gasteiger partial charge in [0.1, 0.15) is 0 Å². The Kier molecular flexibility index (Phi) is 5.09. The summed E-state index contributed by atoms with van der Waals surface area (Å²) in [5.41, 5.74) is 7.53. The van der Waals surface area contributed by atoms with Gasteiger partial charge in [0.25, 0.3) is 0 Å². The van der Waals surface area contributed by atoms with E-state index in [-0.39, 0.29) is 0 Å². The molecule has 20 heavy (non-hydrogen) atoms. The number of rotatable bonds is 7. The standard InChI is InChI=1S/C15H23N5/c1-3-5-7-12(4-2)11-20-15(17-18-19-20)13-8-6-9-14(16)10-13/h6,8-10,12H,3-5,7,11,16H2,1-2H3. The van der Waals surface area contributed by atoms with E-state index in [0.29, 0.717) is 5.92 Å². The molecule has 0 saturated heterocycles. The minimum absolute atomic E-state index is 0.623. The molecule has 0 amide bonds. The Balaban J connectivity index is 2.16. The lowest BCUT2D eigenvalue weighted by Crippen LogP contribution is -2.13. The molecule has 0 bridgehead atoms. The van der Waals surface area contributed by atoms with E-state index in [0.717, 1.165) is 30.0 Å². The molecule has 2 N–H and O–H groups in total. The maximum atomic E-state index is 5.83. The van der Waals surface area contributed by atoms with E-state index < -0.39 is 0 Å². The van der Waals surface area contributed by atoms with Crippen molar-refractivity contribution in [1.82, 2.24) is 20.2 Å². The second-order valence-electron chi connectivity index (χ2n) is 5.23. The molecule has 1 heterocycles. The summed E-state index contributed by atoms with van der Waals surface area (Å²) in [6, 6.07) is 7.70. The second-order valence-corrected chi connectivity index (χ2v) is 5.23. The Labute approximate surface area is 120 Å². The molecule has 5 nitrogen and oxygen atoms in total. The minimum Gasteiger partial charge on any atom is -0.399 e. The first-order valence-corrected chi connectivity index (χ1v) is 7.36. The molecule has 0 aliphatic heterocycles. The lowest BCUT2D eigenvalue weighted by Gasteiger charge is -2.15. The molecule has 0 spiro atoms. The second kappa shape index (κ2) is 7.03. The SMILES string of the molecule is CCCCC(CC)Cn1nnnc1-c1cccc(N)c1. The summed E-state index contributed by atoms with van der Waals surface area (Å²) >= 11 is 0. The summed E-state index contributed by atoms with van der Waals surface area (Å²) in [7, 11) is 0. The summed E-state index contributed by atoms with van der Waals surface area (Å²) < 4.78 is 1.90. The highest BCUT2D eigenvalue weighted by molar-refractivity contribution is 5.60. The number of aromatic nitrogens is 4. The fourth-order valence-electron chi connectivity index (χ4n) is 2.37. The topological polar surface area (TPSA) is 69.6 Å². The zero-order valence-electron chi connectivity index (χ0n) is 12.3. The third-order valence-electron chi connectivity index (χ3n) is 3.65. The van der Waals surface area contributed by atoms with Gasteiger partial charge in [0.05, 0.1) is 0 Å². The molecule has 5 heteroatoms. The van der Waals surface area contributed by atoms with Crippen molar-refractivity contribution >= 4 is 5.69 Å². The molecule has 108 valence electrons. The maximum absolute atomic E-state index is 5.83. The molecule has 2 aromatic rings. The van der Waals surface area contributed by atoms with Gasteiger partial charge >= 0.3 is 0 Å². The van der Waals surface area contributed by atoms with Gasteiger partial charge in [-0.05, 0) is 34.9 Å². The molecule has 0 aliphatic rings. The molecular formula is C15H23N5. The Bertz CT molecular complexity index is 535. The van der Waals surface area contributed by atoms with Gasteiger partial charge in [0.2, 0.25) is 0 Å². The van der Waals surface area contributed by atoms with Crippen molar-refractivity contribution in [3.05, 3.63) is 24.3 Å². The van der Waals surface area contributed by atoms with E-state index in [2.05, 4.69) is 29.4 Å². The highest BCUT2D eigenvalue weighted by Gasteiger charge is 2.13. The van der Waals surface area contributed by atoms with Crippen LogP contribution < -0.4 is 5.73 Å². The molecule has 0 fully saturated rings. The lowest BCUT2D eigenvalue weighted by atomic mass is 9.99. The van der Waals surface area contributed by atoms with E-state index in [1.54, 1.807) is 0 Å². The van der Waals surface area contributed by atoms with Crippen molar-refractivity contribution in [3.8, 4) is 11.4 Å². The van der Waals surface area contributed by atoms with Gasteiger partial charge in [0.15, 0.2) is 5.82 Å². The first-order valence-electron chi connectivity index (χ1n) is 7.36. The Morgan fingerprint density at radius 2 is 2.15 bits per heavy atom. The number of hydrogen-bond acceptors (Lipinski definition) is 4. The maximum Gasteiger partial charge on any atom is 0.182 e. The normalized spacial score (nSPS) is 12.5. The summed E-state index contributed by atoms with van der Waals surface area (Å²) in [6.45, 7) is 5.32. The number of nitrogens with zero attached hydrogens (tertiary/aromatic N) is 4. The van der Waals surface area contributed by atoms with Gasteiger partial charge in [-0.1, -0.05) is 45.2 Å². The van der Waals surface area contributed by atoms with Gasteiger partial charge in [-0.25, -0.2) is 4.68 Å². The largest absolute Gasteiger partial charge is 0.399 e. The van der Waals surface area contributed by atoms with Crippen molar-refractivity contribution < 1.29 is 0 Å². The average Bonchev–Trinajstić information content (AvgIpc) is 2.91. The van der Waals surface area contributed by atoms with Crippen LogP contribution in [-0.4, -0.2) is 20.2 Å². The van der Waals surface area contributed by atoms with Gasteiger partial charge < -0.3 is 5.73 Å². The van der Waals surface area contributed by atoms with Crippen LogP contribution in [0.4, 0.5) is 5.69 Å². The molecule has 1 atom stereocenters. The zero-order chi connectivity index (χ0) is 14.4. The van der Waals surface area contributed by atoms with Crippen molar-refractivity contribution in [2.24, 2.45) is 5.92 Å². The number of benzene rings is 1. The molecule has 0 radical (unpaired) electrons. The smallest absolute Gasteiger partial charge is 0.182 e. The van der Waals surface area contributed by atoms with Crippen LogP contribution >= 0.6 is 0 Å². The van der Waals surface area contributed by atoms with Crippen LogP contribution in [0.3, 0.4) is 0 Å². The van der Waals surface area contributed by atoms with Crippen LogP contribution in [-0.2, 0) is 6.54 Å². The fraction of sp³-hybridized carbons (Fsp3) is 0.533. The van der Waals surface area contributed by atoms with Gasteiger partial charge in [-0.15, -0.1) is 5.10 Å². The van der Waals surface area contributed by atoms with Crippen LogP contribution in [0.25, 0.3) is 11.4 Å². The van der Waals surface area contributed by atoms with Crippen molar-refractivity contribution in [2.75, 3.05) is 5.73 Å². The third-order valence-corrected chi connectivity index (χ3v) is 3.65. The van der Waals surface area contributed by atoms with E-state index >= 15 is 0 Å². The summed E-state index contributed by atoms with van der Waals surface area (Å²) in [5.74, 6) is 1.42. The molecule has 2 rings (SSSR count). The van der Waals surface area contributed by atoms with Gasteiger partial charge in [0, 0.05) is 17.8 Å². The summed E-state index contributed by atoms with van der Waals surface area (Å²) in [4.78, 5) is 0. The summed E-state index contributed by atoms with van der Waals surface area (Å²) in [5, 5.41) is 12.1. The first-order chi connectivity index (χ1) is 9.74. The predicted octanol–water partition coefficient (Wildman–Crippen LogP) is 3.14. The number of unbranched alkanes of at least 4 members (excludes halogenated alkanes) is 1. The number of anilines is 1. The number of tetrazole rings is 1. The minimum atomic E-state index is 0.623. The van der Waals surface area contributed by atoms with E-state index in [1.165, 1.54) is 19.3 Å². The van der Waals surface area contributed by atoms with Gasteiger partial charge in [-0.3, -0.25) is 0 Å². The van der Waals surface area contributed by atoms with E-state index in [4.69, 9.17) is 5.73 Å². The van der Waals surface area contributed by atoms with Crippen molar-refractivity contribution in [3.63, 3.8) is 0 Å². The Hall–Kier alpha value is -1.91. The first kappa shape index (κ1) is 14.5. The van der Waals surface area contributed by atoms with Crippen LogP contribution in [0.5, 0.6) is 0 Å². The van der Waals surface area contributed by atoms with Gasteiger partial charge in [-0.2, -0.15) is 0 Å². The molecule has 0 aliphatic carbocycles. The zero-order valence-corrected chi connectivity index (χ0v) is 12.3. The van der Waals surface area contributed by atoms with Crippen LogP contribution in [0.2, 0.25) is 0 Å². The lowest BCUT2D eigenvalue weighted by molar-refractivity contribution is 0.370. The third kappa shape index (κ3) is 3.56. The average molecular weight is 273 g/mol. The highest BCUT2D eigenvalue weighted by atomic mass is 15.5. The van der Waals surface area contributed by atoms with Crippen LogP contribution in [0.1, 0.15) is 39.5 Å². The monoisotopic (exact) mass is 273 g/mol. The van der Waals surface area contributed by atoms with Crippen LogP contribution in [0.15, 0.2) is 24.3 Å².